The van der Waals surface area contributed by atoms with Gasteiger partial charge in [0.1, 0.15) is 5.82 Å². The molecular formula is C13H16FN3O. The number of hydrogen-bond acceptors (Lipinski definition) is 4. The second-order valence-corrected chi connectivity index (χ2v) is 3.97. The molecule has 0 saturated heterocycles. The minimum atomic E-state index is -0.276. The highest BCUT2D eigenvalue weighted by atomic mass is 19.1. The number of halogens is 1. The summed E-state index contributed by atoms with van der Waals surface area (Å²) in [5.41, 5.74) is 0.731. The zero-order valence-corrected chi connectivity index (χ0v) is 10.6. The Balaban J connectivity index is 2.12. The molecule has 0 aliphatic carbocycles. The van der Waals surface area contributed by atoms with Crippen molar-refractivity contribution < 1.29 is 8.81 Å². The lowest BCUT2D eigenvalue weighted by atomic mass is 10.2. The lowest BCUT2D eigenvalue weighted by molar-refractivity contribution is 0.264. The van der Waals surface area contributed by atoms with E-state index in [4.69, 9.17) is 4.42 Å². The Hall–Kier alpha value is -1.75. The highest BCUT2D eigenvalue weighted by molar-refractivity contribution is 5.51. The standard InChI is InChI=1S/C13H16FN3O/c1-3-17(4-2)9-12-15-16-13(18-12)10-5-7-11(14)8-6-10/h5-8H,3-4,9H2,1-2H3. The Labute approximate surface area is 105 Å². The third-order valence-electron chi connectivity index (χ3n) is 2.81. The third-order valence-corrected chi connectivity index (χ3v) is 2.81. The van der Waals surface area contributed by atoms with Crippen molar-refractivity contribution in [2.75, 3.05) is 13.1 Å². The van der Waals surface area contributed by atoms with Gasteiger partial charge in [0.05, 0.1) is 6.54 Å². The molecule has 0 N–H and O–H groups in total. The molecule has 0 bridgehead atoms. The number of benzene rings is 1. The summed E-state index contributed by atoms with van der Waals surface area (Å²) in [5.74, 6) is 0.733. The average molecular weight is 249 g/mol. The molecule has 2 aromatic rings. The highest BCUT2D eigenvalue weighted by Crippen LogP contribution is 2.18. The Kier molecular flexibility index (Phi) is 4.04. The first kappa shape index (κ1) is 12.7. The van der Waals surface area contributed by atoms with Gasteiger partial charge in [-0.2, -0.15) is 0 Å². The SMILES string of the molecule is CCN(CC)Cc1nnc(-c2ccc(F)cc2)o1. The number of aromatic nitrogens is 2. The van der Waals surface area contributed by atoms with Crippen LogP contribution in [-0.4, -0.2) is 28.2 Å². The molecule has 18 heavy (non-hydrogen) atoms. The lowest BCUT2D eigenvalue weighted by Gasteiger charge is -2.14. The first-order valence-corrected chi connectivity index (χ1v) is 6.03. The minimum Gasteiger partial charge on any atom is -0.419 e. The van der Waals surface area contributed by atoms with E-state index in [2.05, 4.69) is 28.9 Å². The summed E-state index contributed by atoms with van der Waals surface area (Å²) in [6.45, 7) is 6.68. The van der Waals surface area contributed by atoms with Crippen LogP contribution in [0.4, 0.5) is 4.39 Å². The van der Waals surface area contributed by atoms with Gasteiger partial charge < -0.3 is 4.42 Å². The first-order chi connectivity index (χ1) is 8.72. The minimum absolute atomic E-state index is 0.276. The first-order valence-electron chi connectivity index (χ1n) is 6.03. The molecular weight excluding hydrogens is 233 g/mol. The second-order valence-electron chi connectivity index (χ2n) is 3.97. The van der Waals surface area contributed by atoms with Gasteiger partial charge in [-0.05, 0) is 37.4 Å². The molecule has 1 aromatic carbocycles. The maximum atomic E-state index is 12.8. The van der Waals surface area contributed by atoms with E-state index in [1.807, 2.05) is 0 Å². The van der Waals surface area contributed by atoms with Gasteiger partial charge in [-0.3, -0.25) is 4.90 Å². The molecule has 5 heteroatoms. The van der Waals surface area contributed by atoms with Gasteiger partial charge in [-0.15, -0.1) is 10.2 Å². The predicted octanol–water partition coefficient (Wildman–Crippen LogP) is 2.72. The molecule has 0 unspecified atom stereocenters. The van der Waals surface area contributed by atoms with Crippen LogP contribution in [-0.2, 0) is 6.54 Å². The molecule has 0 radical (unpaired) electrons. The molecule has 0 spiro atoms. The second kappa shape index (κ2) is 5.73. The van der Waals surface area contributed by atoms with Crippen molar-refractivity contribution >= 4 is 0 Å². The Morgan fingerprint density at radius 2 is 1.78 bits per heavy atom. The molecule has 0 aliphatic heterocycles. The van der Waals surface area contributed by atoms with Crippen molar-refractivity contribution in [1.82, 2.24) is 15.1 Å². The molecule has 0 aliphatic rings. The van der Waals surface area contributed by atoms with Crippen LogP contribution in [0.15, 0.2) is 28.7 Å². The molecule has 1 heterocycles. The van der Waals surface area contributed by atoms with Gasteiger partial charge in [0.2, 0.25) is 11.8 Å². The lowest BCUT2D eigenvalue weighted by Crippen LogP contribution is -2.22. The van der Waals surface area contributed by atoms with Crippen molar-refractivity contribution in [2.45, 2.75) is 20.4 Å². The fourth-order valence-electron chi connectivity index (χ4n) is 1.67. The van der Waals surface area contributed by atoms with Crippen molar-refractivity contribution in [3.8, 4) is 11.5 Å². The summed E-state index contributed by atoms with van der Waals surface area (Å²) in [6, 6.07) is 6.02. The summed E-state index contributed by atoms with van der Waals surface area (Å²) >= 11 is 0. The van der Waals surface area contributed by atoms with E-state index < -0.39 is 0 Å². The van der Waals surface area contributed by atoms with Crippen molar-refractivity contribution in [2.24, 2.45) is 0 Å². The van der Waals surface area contributed by atoms with Gasteiger partial charge in [-0.1, -0.05) is 13.8 Å². The highest BCUT2D eigenvalue weighted by Gasteiger charge is 2.10. The largest absolute Gasteiger partial charge is 0.419 e. The molecule has 0 amide bonds. The van der Waals surface area contributed by atoms with Gasteiger partial charge >= 0.3 is 0 Å². The molecule has 4 nitrogen and oxygen atoms in total. The Morgan fingerprint density at radius 1 is 1.11 bits per heavy atom. The summed E-state index contributed by atoms with van der Waals surface area (Å²) in [7, 11) is 0. The summed E-state index contributed by atoms with van der Waals surface area (Å²) < 4.78 is 18.4. The van der Waals surface area contributed by atoms with Crippen LogP contribution in [0.25, 0.3) is 11.5 Å². The van der Waals surface area contributed by atoms with Crippen LogP contribution in [0.2, 0.25) is 0 Å². The molecule has 0 fully saturated rings. The maximum absolute atomic E-state index is 12.8. The summed E-state index contributed by atoms with van der Waals surface area (Å²) in [4.78, 5) is 2.18. The van der Waals surface area contributed by atoms with Crippen LogP contribution in [0, 0.1) is 5.82 Å². The fourth-order valence-corrected chi connectivity index (χ4v) is 1.67. The van der Waals surface area contributed by atoms with E-state index in [0.29, 0.717) is 18.3 Å². The quantitative estimate of drug-likeness (QED) is 0.817. The number of rotatable bonds is 5. The van der Waals surface area contributed by atoms with Crippen LogP contribution in [0.1, 0.15) is 19.7 Å². The van der Waals surface area contributed by atoms with E-state index in [1.165, 1.54) is 12.1 Å². The fraction of sp³-hybridized carbons (Fsp3) is 0.385. The topological polar surface area (TPSA) is 42.2 Å². The zero-order chi connectivity index (χ0) is 13.0. The number of hydrogen-bond donors (Lipinski definition) is 0. The Morgan fingerprint density at radius 3 is 2.39 bits per heavy atom. The summed E-state index contributed by atoms with van der Waals surface area (Å²) in [5, 5.41) is 7.97. The van der Waals surface area contributed by atoms with Crippen LogP contribution in [0.5, 0.6) is 0 Å². The normalized spacial score (nSPS) is 11.1. The van der Waals surface area contributed by atoms with E-state index in [9.17, 15) is 4.39 Å². The van der Waals surface area contributed by atoms with E-state index in [-0.39, 0.29) is 5.82 Å². The van der Waals surface area contributed by atoms with Gasteiger partial charge in [0.15, 0.2) is 0 Å². The van der Waals surface area contributed by atoms with Crippen molar-refractivity contribution in [3.05, 3.63) is 36.0 Å². The molecule has 96 valence electrons. The van der Waals surface area contributed by atoms with Crippen LogP contribution >= 0.6 is 0 Å². The monoisotopic (exact) mass is 249 g/mol. The van der Waals surface area contributed by atoms with E-state index in [0.717, 1.165) is 18.7 Å². The third kappa shape index (κ3) is 2.92. The van der Waals surface area contributed by atoms with E-state index in [1.54, 1.807) is 12.1 Å². The molecule has 0 saturated carbocycles. The van der Waals surface area contributed by atoms with Crippen molar-refractivity contribution in [1.29, 1.82) is 0 Å². The van der Waals surface area contributed by atoms with E-state index >= 15 is 0 Å². The Bertz CT molecular complexity index is 491. The summed E-state index contributed by atoms with van der Waals surface area (Å²) in [6.07, 6.45) is 0. The van der Waals surface area contributed by atoms with Crippen LogP contribution < -0.4 is 0 Å². The van der Waals surface area contributed by atoms with Crippen LogP contribution in [0.3, 0.4) is 0 Å². The van der Waals surface area contributed by atoms with Gasteiger partial charge in [0, 0.05) is 5.56 Å². The average Bonchev–Trinajstić information content (AvgIpc) is 2.85. The maximum Gasteiger partial charge on any atom is 0.247 e. The number of nitrogens with zero attached hydrogens (tertiary/aromatic N) is 3. The smallest absolute Gasteiger partial charge is 0.247 e. The zero-order valence-electron chi connectivity index (χ0n) is 10.6. The predicted molar refractivity (Wildman–Crippen MR) is 66.3 cm³/mol. The molecule has 1 aromatic heterocycles. The molecule has 2 rings (SSSR count). The van der Waals surface area contributed by atoms with Gasteiger partial charge in [0.25, 0.3) is 0 Å². The molecule has 0 atom stereocenters. The van der Waals surface area contributed by atoms with Crippen molar-refractivity contribution in [3.63, 3.8) is 0 Å². The van der Waals surface area contributed by atoms with Gasteiger partial charge in [-0.25, -0.2) is 4.39 Å².